The van der Waals surface area contributed by atoms with Gasteiger partial charge in [-0.2, -0.15) is 5.10 Å². The maximum absolute atomic E-state index is 11.5. The maximum atomic E-state index is 11.5. The van der Waals surface area contributed by atoms with E-state index in [-0.39, 0.29) is 5.91 Å². The van der Waals surface area contributed by atoms with Crippen molar-refractivity contribution in [2.45, 2.75) is 19.8 Å². The Morgan fingerprint density at radius 1 is 1.57 bits per heavy atom. The molecule has 6 heteroatoms. The number of carbonyl (C=O) groups is 1. The minimum absolute atomic E-state index is 0.160. The Labute approximate surface area is 99.1 Å². The predicted octanol–water partition coefficient (Wildman–Crippen LogP) is 2.46. The summed E-state index contributed by atoms with van der Waals surface area (Å²) in [5.41, 5.74) is 0.382. The van der Waals surface area contributed by atoms with Crippen molar-refractivity contribution < 1.29 is 4.79 Å². The van der Waals surface area contributed by atoms with Crippen molar-refractivity contribution in [2.75, 3.05) is 6.54 Å². The van der Waals surface area contributed by atoms with E-state index in [9.17, 15) is 4.79 Å². The lowest BCUT2D eigenvalue weighted by atomic mass is 10.3. The van der Waals surface area contributed by atoms with Gasteiger partial charge in [-0.25, -0.2) is 0 Å². The highest BCUT2D eigenvalue weighted by Crippen LogP contribution is 2.23. The molecule has 0 unspecified atom stereocenters. The lowest BCUT2D eigenvalue weighted by Crippen LogP contribution is -2.25. The summed E-state index contributed by atoms with van der Waals surface area (Å²) in [4.78, 5) is 11.5. The average molecular weight is 325 g/mol. The van der Waals surface area contributed by atoms with E-state index in [0.29, 0.717) is 21.3 Å². The smallest absolute Gasteiger partial charge is 0.273 e. The standard InChI is InChI=1S/C8H11Br2N3O/c1-2-3-4-11-8(14)6-5(9)7(10)13-12-6/h2-4H2,1H3,(H,11,14)(H,12,13). The number of hydrogen-bond donors (Lipinski definition) is 2. The summed E-state index contributed by atoms with van der Waals surface area (Å²) in [6.45, 7) is 2.76. The molecule has 1 aromatic heterocycles. The largest absolute Gasteiger partial charge is 0.351 e. The topological polar surface area (TPSA) is 57.8 Å². The normalized spacial score (nSPS) is 10.2. The third-order valence-corrected chi connectivity index (χ3v) is 3.58. The van der Waals surface area contributed by atoms with E-state index in [1.54, 1.807) is 0 Å². The summed E-state index contributed by atoms with van der Waals surface area (Å²) in [6, 6.07) is 0. The zero-order valence-corrected chi connectivity index (χ0v) is 10.9. The highest BCUT2D eigenvalue weighted by molar-refractivity contribution is 9.13. The van der Waals surface area contributed by atoms with Gasteiger partial charge in [-0.3, -0.25) is 9.89 Å². The number of nitrogens with one attached hydrogen (secondary N) is 2. The molecule has 78 valence electrons. The predicted molar refractivity (Wildman–Crippen MR) is 61.2 cm³/mol. The van der Waals surface area contributed by atoms with Gasteiger partial charge in [-0.1, -0.05) is 13.3 Å². The SMILES string of the molecule is CCCCNC(=O)c1n[nH]c(Br)c1Br. The van der Waals surface area contributed by atoms with Crippen LogP contribution in [0.15, 0.2) is 9.08 Å². The Balaban J connectivity index is 2.56. The van der Waals surface area contributed by atoms with Crippen LogP contribution in [-0.2, 0) is 0 Å². The van der Waals surface area contributed by atoms with Crippen molar-refractivity contribution in [1.29, 1.82) is 0 Å². The molecular formula is C8H11Br2N3O. The first-order chi connectivity index (χ1) is 6.66. The summed E-state index contributed by atoms with van der Waals surface area (Å²) in [7, 11) is 0. The molecule has 4 nitrogen and oxygen atoms in total. The van der Waals surface area contributed by atoms with E-state index in [2.05, 4.69) is 54.3 Å². The quantitative estimate of drug-likeness (QED) is 0.836. The van der Waals surface area contributed by atoms with Crippen LogP contribution in [0.3, 0.4) is 0 Å². The molecule has 0 aliphatic carbocycles. The van der Waals surface area contributed by atoms with E-state index in [4.69, 9.17) is 0 Å². The van der Waals surface area contributed by atoms with Crippen LogP contribution in [0.5, 0.6) is 0 Å². The van der Waals surface area contributed by atoms with Gasteiger partial charge < -0.3 is 5.32 Å². The Morgan fingerprint density at radius 3 is 2.79 bits per heavy atom. The summed E-state index contributed by atoms with van der Waals surface area (Å²) < 4.78 is 1.34. The fourth-order valence-electron chi connectivity index (χ4n) is 0.920. The van der Waals surface area contributed by atoms with Crippen molar-refractivity contribution in [3.8, 4) is 0 Å². The van der Waals surface area contributed by atoms with Crippen molar-refractivity contribution in [3.63, 3.8) is 0 Å². The van der Waals surface area contributed by atoms with Gasteiger partial charge in [-0.05, 0) is 38.3 Å². The summed E-state index contributed by atoms with van der Waals surface area (Å²) in [5, 5.41) is 9.31. The van der Waals surface area contributed by atoms with E-state index in [0.717, 1.165) is 12.8 Å². The van der Waals surface area contributed by atoms with Gasteiger partial charge >= 0.3 is 0 Å². The molecule has 1 heterocycles. The molecule has 0 spiro atoms. The molecule has 0 radical (unpaired) electrons. The zero-order valence-electron chi connectivity index (χ0n) is 7.73. The number of unbranched alkanes of at least 4 members (excludes halogenated alkanes) is 1. The molecule has 0 aromatic carbocycles. The summed E-state index contributed by atoms with van der Waals surface area (Å²) >= 11 is 6.48. The van der Waals surface area contributed by atoms with Crippen LogP contribution < -0.4 is 5.32 Å². The molecule has 0 atom stereocenters. The van der Waals surface area contributed by atoms with E-state index in [1.165, 1.54) is 0 Å². The van der Waals surface area contributed by atoms with Crippen LogP contribution in [0.4, 0.5) is 0 Å². The molecule has 1 aromatic rings. The number of halogens is 2. The van der Waals surface area contributed by atoms with Gasteiger partial charge in [-0.15, -0.1) is 0 Å². The summed E-state index contributed by atoms with van der Waals surface area (Å²) in [6.07, 6.45) is 2.04. The van der Waals surface area contributed by atoms with Gasteiger partial charge in [0.25, 0.3) is 5.91 Å². The lowest BCUT2D eigenvalue weighted by molar-refractivity contribution is 0.0947. The Bertz CT molecular complexity index is 324. The number of carbonyl (C=O) groups excluding carboxylic acids is 1. The molecule has 0 saturated carbocycles. The van der Waals surface area contributed by atoms with Gasteiger partial charge in [0.05, 0.1) is 4.47 Å². The van der Waals surface area contributed by atoms with Gasteiger partial charge in [0, 0.05) is 6.54 Å². The summed E-state index contributed by atoms with van der Waals surface area (Å²) in [5.74, 6) is -0.160. The van der Waals surface area contributed by atoms with Gasteiger partial charge in [0.2, 0.25) is 0 Å². The highest BCUT2D eigenvalue weighted by atomic mass is 79.9. The van der Waals surface area contributed by atoms with Crippen molar-refractivity contribution >= 4 is 37.8 Å². The second-order valence-electron chi connectivity index (χ2n) is 2.81. The molecular weight excluding hydrogens is 314 g/mol. The van der Waals surface area contributed by atoms with Gasteiger partial charge in [0.1, 0.15) is 4.60 Å². The first-order valence-corrected chi connectivity index (χ1v) is 5.93. The molecule has 0 bridgehead atoms. The van der Waals surface area contributed by atoms with E-state index >= 15 is 0 Å². The Kier molecular flexibility index (Phi) is 4.60. The first kappa shape index (κ1) is 11.7. The number of H-pyrrole nitrogens is 1. The van der Waals surface area contributed by atoms with Crippen LogP contribution in [-0.4, -0.2) is 22.6 Å². The van der Waals surface area contributed by atoms with Crippen LogP contribution in [0, 0.1) is 0 Å². The molecule has 14 heavy (non-hydrogen) atoms. The number of aromatic nitrogens is 2. The molecule has 0 aliphatic rings. The minimum atomic E-state index is -0.160. The molecule has 1 rings (SSSR count). The molecule has 2 N–H and O–H groups in total. The molecule has 1 amide bonds. The van der Waals surface area contributed by atoms with Crippen molar-refractivity contribution in [3.05, 3.63) is 14.8 Å². The van der Waals surface area contributed by atoms with E-state index in [1.807, 2.05) is 0 Å². The third kappa shape index (κ3) is 2.81. The van der Waals surface area contributed by atoms with Crippen LogP contribution in [0.2, 0.25) is 0 Å². The monoisotopic (exact) mass is 323 g/mol. The second kappa shape index (κ2) is 5.50. The van der Waals surface area contributed by atoms with Crippen LogP contribution in [0.1, 0.15) is 30.3 Å². The molecule has 0 fully saturated rings. The number of aromatic amines is 1. The van der Waals surface area contributed by atoms with Crippen molar-refractivity contribution in [1.82, 2.24) is 15.5 Å². The van der Waals surface area contributed by atoms with Crippen molar-refractivity contribution in [2.24, 2.45) is 0 Å². The Morgan fingerprint density at radius 2 is 2.29 bits per heavy atom. The highest BCUT2D eigenvalue weighted by Gasteiger charge is 2.15. The Hall–Kier alpha value is -0.360. The third-order valence-electron chi connectivity index (χ3n) is 1.70. The second-order valence-corrected chi connectivity index (χ2v) is 4.40. The average Bonchev–Trinajstić information content (AvgIpc) is 2.48. The lowest BCUT2D eigenvalue weighted by Gasteiger charge is -2.01. The zero-order chi connectivity index (χ0) is 10.6. The fraction of sp³-hybridized carbons (Fsp3) is 0.500. The molecule has 0 aliphatic heterocycles. The number of amides is 1. The number of rotatable bonds is 4. The number of nitrogens with zero attached hydrogens (tertiary/aromatic N) is 1. The minimum Gasteiger partial charge on any atom is -0.351 e. The van der Waals surface area contributed by atoms with Crippen LogP contribution in [0.25, 0.3) is 0 Å². The van der Waals surface area contributed by atoms with E-state index < -0.39 is 0 Å². The first-order valence-electron chi connectivity index (χ1n) is 4.34. The van der Waals surface area contributed by atoms with Gasteiger partial charge in [0.15, 0.2) is 5.69 Å². The number of hydrogen-bond acceptors (Lipinski definition) is 2. The maximum Gasteiger partial charge on any atom is 0.273 e. The van der Waals surface area contributed by atoms with Crippen LogP contribution >= 0.6 is 31.9 Å². The molecule has 0 saturated heterocycles. The fourth-order valence-corrected chi connectivity index (χ4v) is 1.55.